The van der Waals surface area contributed by atoms with E-state index in [0.29, 0.717) is 28.4 Å². The average molecular weight is 336 g/mol. The molecule has 0 atom stereocenters. The molecular weight excluding hydrogens is 319 g/mol. The maximum Gasteiger partial charge on any atom is 0.303 e. The van der Waals surface area contributed by atoms with E-state index in [-0.39, 0.29) is 18.1 Å². The molecular formula is C16H17FN2O3S. The minimum Gasteiger partial charge on any atom is -0.481 e. The number of hydrogen-bond acceptors (Lipinski definition) is 4. The topological polar surface area (TPSA) is 79.3 Å². The minimum absolute atomic E-state index is 0.148. The van der Waals surface area contributed by atoms with Crippen LogP contribution in [0.25, 0.3) is 10.6 Å². The molecule has 2 aromatic rings. The molecule has 0 aliphatic heterocycles. The van der Waals surface area contributed by atoms with Gasteiger partial charge < -0.3 is 10.4 Å². The lowest BCUT2D eigenvalue weighted by atomic mass is 10.2. The van der Waals surface area contributed by atoms with Crippen molar-refractivity contribution < 1.29 is 19.1 Å². The quantitative estimate of drug-likeness (QED) is 0.725. The van der Waals surface area contributed by atoms with E-state index < -0.39 is 5.97 Å². The van der Waals surface area contributed by atoms with Gasteiger partial charge in [-0.15, -0.1) is 11.3 Å². The number of rotatable bonds is 8. The van der Waals surface area contributed by atoms with E-state index >= 15 is 0 Å². The fraction of sp³-hybridized carbons (Fsp3) is 0.312. The molecule has 1 amide bonds. The van der Waals surface area contributed by atoms with Crippen LogP contribution in [0.4, 0.5) is 4.39 Å². The van der Waals surface area contributed by atoms with Crippen molar-refractivity contribution in [2.24, 2.45) is 0 Å². The van der Waals surface area contributed by atoms with Crippen LogP contribution in [0.5, 0.6) is 0 Å². The van der Waals surface area contributed by atoms with E-state index in [1.807, 2.05) is 0 Å². The Labute approximate surface area is 137 Å². The van der Waals surface area contributed by atoms with Crippen molar-refractivity contribution >= 4 is 23.2 Å². The zero-order valence-electron chi connectivity index (χ0n) is 12.4. The monoisotopic (exact) mass is 336 g/mol. The van der Waals surface area contributed by atoms with Crippen molar-refractivity contribution in [2.75, 3.05) is 6.54 Å². The van der Waals surface area contributed by atoms with Crippen LogP contribution in [0.1, 0.15) is 35.4 Å². The first kappa shape index (κ1) is 17.1. The van der Waals surface area contributed by atoms with Crippen molar-refractivity contribution in [3.8, 4) is 10.6 Å². The molecule has 0 aliphatic carbocycles. The van der Waals surface area contributed by atoms with Crippen LogP contribution in [0.3, 0.4) is 0 Å². The van der Waals surface area contributed by atoms with Crippen LogP contribution in [0.15, 0.2) is 30.5 Å². The van der Waals surface area contributed by atoms with E-state index in [9.17, 15) is 14.0 Å². The first-order valence-electron chi connectivity index (χ1n) is 7.28. The molecule has 122 valence electrons. The first-order chi connectivity index (χ1) is 11.1. The third-order valence-electron chi connectivity index (χ3n) is 3.19. The molecule has 0 unspecified atom stereocenters. The second-order valence-electron chi connectivity index (χ2n) is 4.97. The van der Waals surface area contributed by atoms with E-state index in [2.05, 4.69) is 10.3 Å². The van der Waals surface area contributed by atoms with E-state index in [1.165, 1.54) is 12.3 Å². The number of aliphatic carboxylic acids is 1. The first-order valence-corrected chi connectivity index (χ1v) is 8.10. The molecule has 1 aromatic carbocycles. The maximum absolute atomic E-state index is 13.7. The SMILES string of the molecule is O=C(O)CCCCCNC(=O)c1cnc(-c2ccccc2F)s1. The van der Waals surface area contributed by atoms with Gasteiger partial charge in [-0.25, -0.2) is 9.37 Å². The predicted molar refractivity (Wildman–Crippen MR) is 85.9 cm³/mol. The molecule has 0 spiro atoms. The van der Waals surface area contributed by atoms with Gasteiger partial charge in [-0.3, -0.25) is 9.59 Å². The number of thiazole rings is 1. The highest BCUT2D eigenvalue weighted by atomic mass is 32.1. The minimum atomic E-state index is -0.806. The van der Waals surface area contributed by atoms with Gasteiger partial charge in [-0.05, 0) is 25.0 Å². The lowest BCUT2D eigenvalue weighted by Crippen LogP contribution is -2.23. The molecule has 0 bridgehead atoms. The molecule has 1 heterocycles. The van der Waals surface area contributed by atoms with Crippen LogP contribution in [-0.4, -0.2) is 28.5 Å². The molecule has 23 heavy (non-hydrogen) atoms. The molecule has 2 N–H and O–H groups in total. The van der Waals surface area contributed by atoms with Crippen LogP contribution in [0, 0.1) is 5.82 Å². The maximum atomic E-state index is 13.7. The Kier molecular flexibility index (Phi) is 6.22. The molecule has 7 heteroatoms. The molecule has 2 rings (SSSR count). The highest BCUT2D eigenvalue weighted by Crippen LogP contribution is 2.27. The Bertz CT molecular complexity index is 687. The summed E-state index contributed by atoms with van der Waals surface area (Å²) in [5.74, 6) is -1.42. The number of benzene rings is 1. The summed E-state index contributed by atoms with van der Waals surface area (Å²) in [7, 11) is 0. The van der Waals surface area contributed by atoms with Crippen LogP contribution < -0.4 is 5.32 Å². The van der Waals surface area contributed by atoms with Gasteiger partial charge in [-0.1, -0.05) is 18.6 Å². The molecule has 0 aliphatic rings. The second-order valence-corrected chi connectivity index (χ2v) is 6.00. The van der Waals surface area contributed by atoms with Crippen LogP contribution in [0.2, 0.25) is 0 Å². The lowest BCUT2D eigenvalue weighted by Gasteiger charge is -2.02. The average Bonchev–Trinajstić information content (AvgIpc) is 3.00. The van der Waals surface area contributed by atoms with Gasteiger partial charge in [0.05, 0.1) is 6.20 Å². The largest absolute Gasteiger partial charge is 0.481 e. The molecule has 5 nitrogen and oxygen atoms in total. The summed E-state index contributed by atoms with van der Waals surface area (Å²) < 4.78 is 13.7. The summed E-state index contributed by atoms with van der Waals surface area (Å²) in [4.78, 5) is 26.9. The van der Waals surface area contributed by atoms with Crippen molar-refractivity contribution in [3.05, 3.63) is 41.2 Å². The number of nitrogens with zero attached hydrogens (tertiary/aromatic N) is 1. The normalized spacial score (nSPS) is 10.5. The van der Waals surface area contributed by atoms with Crippen molar-refractivity contribution in [1.29, 1.82) is 0 Å². The standard InChI is InChI=1S/C16H17FN2O3S/c17-12-7-4-3-6-11(12)16-19-10-13(23-16)15(22)18-9-5-1-2-8-14(20)21/h3-4,6-7,10H,1-2,5,8-9H2,(H,18,22)(H,20,21). The van der Waals surface area contributed by atoms with Gasteiger partial charge in [0.25, 0.3) is 5.91 Å². The van der Waals surface area contributed by atoms with E-state index in [0.717, 1.165) is 24.2 Å². The van der Waals surface area contributed by atoms with Crippen molar-refractivity contribution in [2.45, 2.75) is 25.7 Å². The number of carboxylic acid groups (broad SMARTS) is 1. The molecule has 0 saturated heterocycles. The van der Waals surface area contributed by atoms with E-state index in [1.54, 1.807) is 18.2 Å². The predicted octanol–water partition coefficient (Wildman–Crippen LogP) is 3.32. The van der Waals surface area contributed by atoms with Crippen molar-refractivity contribution in [3.63, 3.8) is 0 Å². The Morgan fingerprint density at radius 1 is 1.22 bits per heavy atom. The molecule has 0 radical (unpaired) electrons. The molecule has 0 saturated carbocycles. The number of aromatic nitrogens is 1. The number of halogens is 1. The summed E-state index contributed by atoms with van der Waals surface area (Å²) in [5, 5.41) is 11.7. The van der Waals surface area contributed by atoms with Crippen LogP contribution >= 0.6 is 11.3 Å². The smallest absolute Gasteiger partial charge is 0.303 e. The van der Waals surface area contributed by atoms with Gasteiger partial charge in [-0.2, -0.15) is 0 Å². The Hall–Kier alpha value is -2.28. The highest BCUT2D eigenvalue weighted by Gasteiger charge is 2.13. The fourth-order valence-electron chi connectivity index (χ4n) is 2.01. The summed E-state index contributed by atoms with van der Waals surface area (Å²) in [6.07, 6.45) is 3.65. The zero-order valence-corrected chi connectivity index (χ0v) is 13.2. The number of hydrogen-bond donors (Lipinski definition) is 2. The fourth-order valence-corrected chi connectivity index (χ4v) is 2.86. The number of carboxylic acids is 1. The second kappa shape index (κ2) is 8.38. The summed E-state index contributed by atoms with van der Waals surface area (Å²) in [6, 6.07) is 6.30. The summed E-state index contributed by atoms with van der Waals surface area (Å²) in [5.41, 5.74) is 0.380. The summed E-state index contributed by atoms with van der Waals surface area (Å²) in [6.45, 7) is 0.478. The van der Waals surface area contributed by atoms with Gasteiger partial charge >= 0.3 is 5.97 Å². The third kappa shape index (κ3) is 5.14. The van der Waals surface area contributed by atoms with Gasteiger partial charge in [0.15, 0.2) is 0 Å². The lowest BCUT2D eigenvalue weighted by molar-refractivity contribution is -0.137. The number of unbranched alkanes of at least 4 members (excludes halogenated alkanes) is 2. The van der Waals surface area contributed by atoms with Crippen LogP contribution in [-0.2, 0) is 4.79 Å². The number of carbonyl (C=O) groups is 2. The Balaban J connectivity index is 1.82. The molecule has 0 fully saturated rings. The number of nitrogens with one attached hydrogen (secondary N) is 1. The van der Waals surface area contributed by atoms with Gasteiger partial charge in [0.1, 0.15) is 15.7 Å². The van der Waals surface area contributed by atoms with Crippen molar-refractivity contribution in [1.82, 2.24) is 10.3 Å². The van der Waals surface area contributed by atoms with Gasteiger partial charge in [0, 0.05) is 18.5 Å². The molecule has 1 aromatic heterocycles. The van der Waals surface area contributed by atoms with Gasteiger partial charge in [0.2, 0.25) is 0 Å². The Morgan fingerprint density at radius 3 is 2.74 bits per heavy atom. The zero-order chi connectivity index (χ0) is 16.7. The van der Waals surface area contributed by atoms with E-state index in [4.69, 9.17) is 5.11 Å². The number of amides is 1. The Morgan fingerprint density at radius 2 is 2.00 bits per heavy atom. The number of carbonyl (C=O) groups excluding carboxylic acids is 1. The third-order valence-corrected chi connectivity index (χ3v) is 4.22. The summed E-state index contributed by atoms with van der Waals surface area (Å²) >= 11 is 1.14. The highest BCUT2D eigenvalue weighted by molar-refractivity contribution is 7.16.